The molecule has 0 atom stereocenters. The molecule has 0 saturated carbocycles. The van der Waals surface area contributed by atoms with Gasteiger partial charge in [0.05, 0.1) is 18.6 Å². The van der Waals surface area contributed by atoms with Crippen LogP contribution in [-0.4, -0.2) is 42.7 Å². The number of nitrogens with one attached hydrogen (secondary N) is 1. The molecule has 2 aliphatic rings. The average molecular weight is 325 g/mol. The van der Waals surface area contributed by atoms with Crippen LogP contribution in [0.25, 0.3) is 0 Å². The van der Waals surface area contributed by atoms with Crippen molar-refractivity contribution in [3.05, 3.63) is 12.7 Å². The summed E-state index contributed by atoms with van der Waals surface area (Å²) in [5.41, 5.74) is -0.379. The molecule has 23 heavy (non-hydrogen) atoms. The first-order valence-electron chi connectivity index (χ1n) is 8.41. The Bertz CT molecular complexity index is 444. The van der Waals surface area contributed by atoms with Crippen molar-refractivity contribution in [3.8, 4) is 0 Å². The van der Waals surface area contributed by atoms with Gasteiger partial charge in [0.25, 0.3) is 0 Å². The van der Waals surface area contributed by atoms with Crippen LogP contribution in [0, 0.1) is 5.41 Å². The summed E-state index contributed by atoms with van der Waals surface area (Å²) in [6.45, 7) is 15.6. The highest BCUT2D eigenvalue weighted by molar-refractivity contribution is 5.81. The number of ether oxygens (including phenoxy) is 3. The number of rotatable bonds is 4. The summed E-state index contributed by atoms with van der Waals surface area (Å²) in [5, 5.41) is 3.65. The molecule has 1 N–H and O–H groups in total. The topological polar surface area (TPSA) is 56.8 Å². The van der Waals surface area contributed by atoms with Crippen LogP contribution in [0.1, 0.15) is 53.9 Å². The molecule has 0 amide bonds. The smallest absolute Gasteiger partial charge is 0.330 e. The molecule has 2 heterocycles. The van der Waals surface area contributed by atoms with Gasteiger partial charge in [-0.2, -0.15) is 0 Å². The summed E-state index contributed by atoms with van der Waals surface area (Å²) in [5.74, 6) is -0.957. The SMILES string of the molecule is C=CC(=O)OCC1(CC)COC2(CC(C)(C)NC(C)(C)C2)OC1. The molecule has 2 aliphatic heterocycles. The van der Waals surface area contributed by atoms with E-state index in [9.17, 15) is 4.79 Å². The lowest BCUT2D eigenvalue weighted by molar-refractivity contribution is -0.332. The maximum absolute atomic E-state index is 11.3. The van der Waals surface area contributed by atoms with Gasteiger partial charge in [0.15, 0.2) is 5.79 Å². The summed E-state index contributed by atoms with van der Waals surface area (Å²) in [7, 11) is 0. The summed E-state index contributed by atoms with van der Waals surface area (Å²) in [6.07, 6.45) is 3.62. The van der Waals surface area contributed by atoms with Crippen molar-refractivity contribution in [1.82, 2.24) is 5.32 Å². The van der Waals surface area contributed by atoms with Gasteiger partial charge in [-0.1, -0.05) is 13.5 Å². The van der Waals surface area contributed by atoms with Crippen molar-refractivity contribution in [2.45, 2.75) is 70.7 Å². The maximum Gasteiger partial charge on any atom is 0.330 e. The molecular weight excluding hydrogens is 294 g/mol. The Kier molecular flexibility index (Phi) is 4.96. The van der Waals surface area contributed by atoms with Crippen molar-refractivity contribution >= 4 is 5.97 Å². The fourth-order valence-corrected chi connectivity index (χ4v) is 3.94. The van der Waals surface area contributed by atoms with Crippen molar-refractivity contribution in [2.75, 3.05) is 19.8 Å². The summed E-state index contributed by atoms with van der Waals surface area (Å²) >= 11 is 0. The number of carbonyl (C=O) groups excluding carboxylic acids is 1. The van der Waals surface area contributed by atoms with E-state index in [0.717, 1.165) is 19.3 Å². The molecule has 0 aromatic rings. The number of hydrogen-bond donors (Lipinski definition) is 1. The third-order valence-corrected chi connectivity index (χ3v) is 4.82. The van der Waals surface area contributed by atoms with Gasteiger partial charge in [0.2, 0.25) is 0 Å². The first-order chi connectivity index (χ1) is 10.6. The Morgan fingerprint density at radius 2 is 1.70 bits per heavy atom. The number of carbonyl (C=O) groups is 1. The zero-order valence-corrected chi connectivity index (χ0v) is 15.2. The lowest BCUT2D eigenvalue weighted by Crippen LogP contribution is -2.67. The van der Waals surface area contributed by atoms with Gasteiger partial charge in [0.1, 0.15) is 6.61 Å². The number of hydrogen-bond acceptors (Lipinski definition) is 5. The van der Waals surface area contributed by atoms with Gasteiger partial charge in [-0.15, -0.1) is 0 Å². The largest absolute Gasteiger partial charge is 0.462 e. The van der Waals surface area contributed by atoms with Gasteiger partial charge in [0, 0.05) is 30.0 Å². The molecule has 2 saturated heterocycles. The van der Waals surface area contributed by atoms with E-state index in [2.05, 4.69) is 46.5 Å². The normalized spacial score (nSPS) is 27.3. The van der Waals surface area contributed by atoms with Crippen LogP contribution in [0.15, 0.2) is 12.7 Å². The molecule has 2 rings (SSSR count). The molecule has 0 unspecified atom stereocenters. The van der Waals surface area contributed by atoms with E-state index < -0.39 is 11.8 Å². The molecule has 0 aromatic carbocycles. The molecule has 5 heteroatoms. The zero-order valence-electron chi connectivity index (χ0n) is 15.2. The van der Waals surface area contributed by atoms with Crippen molar-refractivity contribution in [2.24, 2.45) is 5.41 Å². The molecule has 2 fully saturated rings. The lowest BCUT2D eigenvalue weighted by Gasteiger charge is -2.55. The van der Waals surface area contributed by atoms with Crippen LogP contribution in [0.5, 0.6) is 0 Å². The fourth-order valence-electron chi connectivity index (χ4n) is 3.94. The molecule has 0 aliphatic carbocycles. The molecule has 5 nitrogen and oxygen atoms in total. The fraction of sp³-hybridized carbons (Fsp3) is 0.833. The van der Waals surface area contributed by atoms with Gasteiger partial charge in [-0.25, -0.2) is 4.79 Å². The first-order valence-corrected chi connectivity index (χ1v) is 8.41. The van der Waals surface area contributed by atoms with Crippen LogP contribution in [0.3, 0.4) is 0 Å². The van der Waals surface area contributed by atoms with Crippen LogP contribution >= 0.6 is 0 Å². The van der Waals surface area contributed by atoms with E-state index in [-0.39, 0.29) is 16.5 Å². The van der Waals surface area contributed by atoms with Gasteiger partial charge >= 0.3 is 5.97 Å². The van der Waals surface area contributed by atoms with Crippen LogP contribution in [0.2, 0.25) is 0 Å². The second-order valence-electron chi connectivity index (χ2n) is 8.40. The van der Waals surface area contributed by atoms with Crippen LogP contribution in [-0.2, 0) is 19.0 Å². The van der Waals surface area contributed by atoms with Crippen molar-refractivity contribution in [1.29, 1.82) is 0 Å². The Morgan fingerprint density at radius 3 is 2.13 bits per heavy atom. The predicted molar refractivity (Wildman–Crippen MR) is 89.0 cm³/mol. The van der Waals surface area contributed by atoms with Gasteiger partial charge in [-0.05, 0) is 34.1 Å². The van der Waals surface area contributed by atoms with Crippen molar-refractivity contribution < 1.29 is 19.0 Å². The molecule has 132 valence electrons. The van der Waals surface area contributed by atoms with Gasteiger partial charge in [-0.3, -0.25) is 0 Å². The lowest BCUT2D eigenvalue weighted by atomic mass is 9.77. The summed E-state index contributed by atoms with van der Waals surface area (Å²) in [6, 6.07) is 0. The molecular formula is C18H31NO4. The van der Waals surface area contributed by atoms with E-state index in [4.69, 9.17) is 14.2 Å². The number of esters is 1. The predicted octanol–water partition coefficient (Wildman–Crippen LogP) is 2.80. The van der Waals surface area contributed by atoms with E-state index in [1.54, 1.807) is 0 Å². The quantitative estimate of drug-likeness (QED) is 0.636. The van der Waals surface area contributed by atoms with E-state index in [0.29, 0.717) is 19.8 Å². The van der Waals surface area contributed by atoms with Crippen molar-refractivity contribution in [3.63, 3.8) is 0 Å². The molecule has 1 spiro atoms. The Labute approximate surface area is 139 Å². The highest BCUT2D eigenvalue weighted by atomic mass is 16.7. The maximum atomic E-state index is 11.3. The molecule has 0 radical (unpaired) electrons. The van der Waals surface area contributed by atoms with E-state index in [1.165, 1.54) is 6.08 Å². The van der Waals surface area contributed by atoms with E-state index in [1.807, 2.05) is 0 Å². The van der Waals surface area contributed by atoms with Crippen LogP contribution in [0.4, 0.5) is 0 Å². The minimum atomic E-state index is -0.556. The highest BCUT2D eigenvalue weighted by Gasteiger charge is 2.53. The average Bonchev–Trinajstić information content (AvgIpc) is 2.43. The zero-order chi connectivity index (χ0) is 17.4. The minimum absolute atomic E-state index is 0.0523. The van der Waals surface area contributed by atoms with Crippen LogP contribution < -0.4 is 5.32 Å². The monoisotopic (exact) mass is 325 g/mol. The third kappa shape index (κ3) is 4.34. The first kappa shape index (κ1) is 18.4. The Hall–Kier alpha value is -0.910. The summed E-state index contributed by atoms with van der Waals surface area (Å²) in [4.78, 5) is 11.3. The Morgan fingerprint density at radius 1 is 1.17 bits per heavy atom. The standard InChI is InChI=1S/C18H31NO4/c1-7-14(20)21-11-17(8-2)12-22-18(23-13-17)9-15(3,4)19-16(5,6)10-18/h7,19H,1,8-13H2,2-6H3. The third-order valence-electron chi connectivity index (χ3n) is 4.82. The second kappa shape index (κ2) is 6.19. The number of piperidine rings is 1. The summed E-state index contributed by atoms with van der Waals surface area (Å²) < 4.78 is 17.8. The minimum Gasteiger partial charge on any atom is -0.462 e. The van der Waals surface area contributed by atoms with Gasteiger partial charge < -0.3 is 19.5 Å². The second-order valence-corrected chi connectivity index (χ2v) is 8.40. The molecule has 0 aromatic heterocycles. The highest BCUT2D eigenvalue weighted by Crippen LogP contribution is 2.44. The van der Waals surface area contributed by atoms with E-state index >= 15 is 0 Å². The Balaban J connectivity index is 2.06. The molecule has 0 bridgehead atoms.